The van der Waals surface area contributed by atoms with Crippen LogP contribution in [-0.2, 0) is 20.7 Å². The van der Waals surface area contributed by atoms with Gasteiger partial charge in [-0.3, -0.25) is 9.59 Å². The van der Waals surface area contributed by atoms with Crippen LogP contribution in [0.1, 0.15) is 37.7 Å². The van der Waals surface area contributed by atoms with Crippen LogP contribution in [0.3, 0.4) is 0 Å². The number of benzene rings is 1. The van der Waals surface area contributed by atoms with Gasteiger partial charge < -0.3 is 9.64 Å². The molecule has 1 aliphatic rings. The lowest BCUT2D eigenvalue weighted by atomic mass is 10.1. The summed E-state index contributed by atoms with van der Waals surface area (Å²) in [5.41, 5.74) is 0.917. The number of esters is 1. The lowest BCUT2D eigenvalue weighted by Crippen LogP contribution is -2.35. The van der Waals surface area contributed by atoms with E-state index in [9.17, 15) is 9.59 Å². The molecule has 22 heavy (non-hydrogen) atoms. The number of carbonyl (C=O) groups is 2. The second-order valence-electron chi connectivity index (χ2n) is 5.55. The van der Waals surface area contributed by atoms with Gasteiger partial charge in [0.25, 0.3) is 5.91 Å². The molecule has 0 bridgehead atoms. The molecule has 0 aliphatic carbocycles. The van der Waals surface area contributed by atoms with E-state index >= 15 is 0 Å². The van der Waals surface area contributed by atoms with Crippen molar-refractivity contribution in [3.05, 3.63) is 34.9 Å². The molecule has 5 heteroatoms. The maximum absolute atomic E-state index is 12.0. The van der Waals surface area contributed by atoms with Crippen molar-refractivity contribution in [1.29, 1.82) is 0 Å². The number of likely N-dealkylation sites (tertiary alicyclic amines) is 1. The number of halogens is 1. The first kappa shape index (κ1) is 16.8. The monoisotopic (exact) mass is 323 g/mol. The predicted octanol–water partition coefficient (Wildman–Crippen LogP) is 3.22. The minimum atomic E-state index is -0.358. The highest BCUT2D eigenvalue weighted by atomic mass is 35.5. The van der Waals surface area contributed by atoms with E-state index in [1.54, 1.807) is 11.0 Å². The Morgan fingerprint density at radius 2 is 1.77 bits per heavy atom. The lowest BCUT2D eigenvalue weighted by molar-refractivity contribution is -0.152. The number of aryl methyl sites for hydroxylation is 1. The SMILES string of the molecule is O=C(CCc1ccccc1Cl)OCC(=O)N1CCCCCC1. The van der Waals surface area contributed by atoms with Crippen molar-refractivity contribution in [3.63, 3.8) is 0 Å². The first-order valence-corrected chi connectivity index (χ1v) is 8.21. The van der Waals surface area contributed by atoms with Crippen LogP contribution in [-0.4, -0.2) is 36.5 Å². The number of hydrogen-bond donors (Lipinski definition) is 0. The molecule has 0 spiro atoms. The van der Waals surface area contributed by atoms with E-state index in [-0.39, 0.29) is 24.9 Å². The molecule has 1 aromatic rings. The van der Waals surface area contributed by atoms with Crippen molar-refractivity contribution in [1.82, 2.24) is 4.90 Å². The van der Waals surface area contributed by atoms with Gasteiger partial charge in [-0.1, -0.05) is 42.6 Å². The normalized spacial score (nSPS) is 15.2. The predicted molar refractivity (Wildman–Crippen MR) is 85.8 cm³/mol. The van der Waals surface area contributed by atoms with Crippen molar-refractivity contribution >= 4 is 23.5 Å². The molecule has 1 amide bonds. The van der Waals surface area contributed by atoms with Gasteiger partial charge in [0.05, 0.1) is 0 Å². The van der Waals surface area contributed by atoms with Gasteiger partial charge in [0, 0.05) is 24.5 Å². The Hall–Kier alpha value is -1.55. The fourth-order valence-electron chi connectivity index (χ4n) is 2.56. The maximum Gasteiger partial charge on any atom is 0.306 e. The Morgan fingerprint density at radius 1 is 1.09 bits per heavy atom. The largest absolute Gasteiger partial charge is 0.456 e. The number of hydrogen-bond acceptors (Lipinski definition) is 3. The van der Waals surface area contributed by atoms with Crippen LogP contribution in [0, 0.1) is 0 Å². The average molecular weight is 324 g/mol. The molecule has 1 heterocycles. The minimum absolute atomic E-state index is 0.0898. The first-order valence-electron chi connectivity index (χ1n) is 7.83. The van der Waals surface area contributed by atoms with Crippen LogP contribution < -0.4 is 0 Å². The fraction of sp³-hybridized carbons (Fsp3) is 0.529. The summed E-state index contributed by atoms with van der Waals surface area (Å²) in [5, 5.41) is 0.649. The minimum Gasteiger partial charge on any atom is -0.456 e. The number of amides is 1. The van der Waals surface area contributed by atoms with E-state index in [0.29, 0.717) is 11.4 Å². The Bertz CT molecular complexity index is 510. The summed E-state index contributed by atoms with van der Waals surface area (Å²) in [6.45, 7) is 1.40. The smallest absolute Gasteiger partial charge is 0.306 e. The highest BCUT2D eigenvalue weighted by Crippen LogP contribution is 2.16. The molecule has 1 fully saturated rings. The van der Waals surface area contributed by atoms with E-state index in [1.165, 1.54) is 12.8 Å². The summed E-state index contributed by atoms with van der Waals surface area (Å²) in [5.74, 6) is -0.448. The third-order valence-corrected chi connectivity index (χ3v) is 4.24. The second-order valence-corrected chi connectivity index (χ2v) is 5.95. The van der Waals surface area contributed by atoms with Gasteiger partial charge in [0.15, 0.2) is 6.61 Å². The van der Waals surface area contributed by atoms with Crippen LogP contribution in [0.25, 0.3) is 0 Å². The van der Waals surface area contributed by atoms with Crippen molar-refractivity contribution in [2.45, 2.75) is 38.5 Å². The fourth-order valence-corrected chi connectivity index (χ4v) is 2.79. The summed E-state index contributed by atoms with van der Waals surface area (Å²) in [6, 6.07) is 7.42. The van der Waals surface area contributed by atoms with Gasteiger partial charge in [0.2, 0.25) is 0 Å². The zero-order chi connectivity index (χ0) is 15.8. The molecular weight excluding hydrogens is 302 g/mol. The third kappa shape index (κ3) is 5.34. The molecule has 0 radical (unpaired) electrons. The van der Waals surface area contributed by atoms with Gasteiger partial charge in [-0.05, 0) is 30.9 Å². The second kappa shape index (κ2) is 8.79. The number of nitrogens with zero attached hydrogens (tertiary/aromatic N) is 1. The van der Waals surface area contributed by atoms with Gasteiger partial charge >= 0.3 is 5.97 Å². The zero-order valence-electron chi connectivity index (χ0n) is 12.7. The van der Waals surface area contributed by atoms with E-state index in [4.69, 9.17) is 16.3 Å². The summed E-state index contributed by atoms with van der Waals surface area (Å²) in [4.78, 5) is 25.6. The number of carbonyl (C=O) groups excluding carboxylic acids is 2. The third-order valence-electron chi connectivity index (χ3n) is 3.87. The van der Waals surface area contributed by atoms with Crippen LogP contribution in [0.4, 0.5) is 0 Å². The Kier molecular flexibility index (Phi) is 6.72. The molecule has 1 aromatic carbocycles. The summed E-state index contributed by atoms with van der Waals surface area (Å²) in [6.07, 6.45) is 5.16. The molecule has 1 aliphatic heterocycles. The van der Waals surface area contributed by atoms with Crippen LogP contribution in [0.15, 0.2) is 24.3 Å². The Labute approximate surface area is 136 Å². The number of rotatable bonds is 5. The van der Waals surface area contributed by atoms with Gasteiger partial charge in [0.1, 0.15) is 0 Å². The molecule has 4 nitrogen and oxygen atoms in total. The maximum atomic E-state index is 12.0. The summed E-state index contributed by atoms with van der Waals surface area (Å²) < 4.78 is 5.09. The molecule has 0 aromatic heterocycles. The topological polar surface area (TPSA) is 46.6 Å². The van der Waals surface area contributed by atoms with E-state index in [1.807, 2.05) is 18.2 Å². The van der Waals surface area contributed by atoms with Crippen molar-refractivity contribution < 1.29 is 14.3 Å². The zero-order valence-corrected chi connectivity index (χ0v) is 13.5. The van der Waals surface area contributed by atoms with E-state index in [2.05, 4.69) is 0 Å². The number of ether oxygens (including phenoxy) is 1. The first-order chi connectivity index (χ1) is 10.7. The van der Waals surface area contributed by atoms with Crippen molar-refractivity contribution in [2.75, 3.05) is 19.7 Å². The van der Waals surface area contributed by atoms with Crippen LogP contribution in [0.5, 0.6) is 0 Å². The summed E-state index contributed by atoms with van der Waals surface area (Å²) >= 11 is 6.04. The average Bonchev–Trinajstić information content (AvgIpc) is 2.81. The molecule has 2 rings (SSSR count). The molecular formula is C17H22ClNO3. The van der Waals surface area contributed by atoms with Gasteiger partial charge in [-0.25, -0.2) is 0 Å². The van der Waals surface area contributed by atoms with Gasteiger partial charge in [-0.2, -0.15) is 0 Å². The van der Waals surface area contributed by atoms with E-state index < -0.39 is 0 Å². The highest BCUT2D eigenvalue weighted by Gasteiger charge is 2.17. The van der Waals surface area contributed by atoms with Crippen molar-refractivity contribution in [2.24, 2.45) is 0 Å². The van der Waals surface area contributed by atoms with Crippen LogP contribution in [0.2, 0.25) is 5.02 Å². The summed E-state index contributed by atoms with van der Waals surface area (Å²) in [7, 11) is 0. The quantitative estimate of drug-likeness (QED) is 0.782. The molecule has 120 valence electrons. The molecule has 0 unspecified atom stereocenters. The van der Waals surface area contributed by atoms with Gasteiger partial charge in [-0.15, -0.1) is 0 Å². The van der Waals surface area contributed by atoms with Crippen LogP contribution >= 0.6 is 11.6 Å². The molecule has 0 atom stereocenters. The lowest BCUT2D eigenvalue weighted by Gasteiger charge is -2.19. The Morgan fingerprint density at radius 3 is 2.45 bits per heavy atom. The van der Waals surface area contributed by atoms with Crippen molar-refractivity contribution in [3.8, 4) is 0 Å². The molecule has 0 saturated carbocycles. The highest BCUT2D eigenvalue weighted by molar-refractivity contribution is 6.31. The Balaban J connectivity index is 1.71. The standard InChI is InChI=1S/C17H22ClNO3/c18-15-8-4-3-7-14(15)9-10-17(21)22-13-16(20)19-11-5-1-2-6-12-19/h3-4,7-8H,1-2,5-6,9-13H2. The molecule has 1 saturated heterocycles. The molecule has 0 N–H and O–H groups in total. The van der Waals surface area contributed by atoms with E-state index in [0.717, 1.165) is 31.5 Å².